The van der Waals surface area contributed by atoms with Crippen LogP contribution in [0.15, 0.2) is 30.5 Å². The molecule has 0 bridgehead atoms. The van der Waals surface area contributed by atoms with Gasteiger partial charge in [0.05, 0.1) is 11.9 Å². The van der Waals surface area contributed by atoms with Crippen molar-refractivity contribution in [2.45, 2.75) is 19.9 Å². The molecule has 1 aromatic carbocycles. The molecule has 0 aliphatic rings. The fraction of sp³-hybridized carbons (Fsp3) is 0.250. The van der Waals surface area contributed by atoms with E-state index in [2.05, 4.69) is 29.0 Å². The highest BCUT2D eigenvalue weighted by atomic mass is 14.9. The van der Waals surface area contributed by atoms with Gasteiger partial charge in [0.1, 0.15) is 5.82 Å². The number of H-pyrrole nitrogens is 1. The second-order valence-electron chi connectivity index (χ2n) is 3.85. The summed E-state index contributed by atoms with van der Waals surface area (Å²) in [7, 11) is 0. The van der Waals surface area contributed by atoms with Crippen molar-refractivity contribution in [2.24, 2.45) is 5.73 Å². The molecule has 15 heavy (non-hydrogen) atoms. The summed E-state index contributed by atoms with van der Waals surface area (Å²) in [6.45, 7) is 4.01. The highest BCUT2D eigenvalue weighted by molar-refractivity contribution is 5.56. The maximum absolute atomic E-state index is 5.76. The van der Waals surface area contributed by atoms with Crippen molar-refractivity contribution < 1.29 is 0 Å². The Balaban J connectivity index is 2.37. The van der Waals surface area contributed by atoms with E-state index in [1.54, 1.807) is 6.20 Å². The van der Waals surface area contributed by atoms with E-state index in [1.807, 2.05) is 19.1 Å². The standard InChI is InChI=1S/C12H15N3/c1-8-4-3-5-10(6-8)12-14-7-11(15-12)9(2)13/h3-7,9H,13H2,1-2H3,(H,14,15). The number of nitrogens with zero attached hydrogens (tertiary/aromatic N) is 1. The SMILES string of the molecule is Cc1cccc(-c2ncc(C(C)N)[nH]2)c1. The van der Waals surface area contributed by atoms with Gasteiger partial charge in [0.15, 0.2) is 0 Å². The van der Waals surface area contributed by atoms with Crippen LogP contribution >= 0.6 is 0 Å². The number of nitrogens with one attached hydrogen (secondary N) is 1. The van der Waals surface area contributed by atoms with Gasteiger partial charge in [-0.25, -0.2) is 4.98 Å². The first-order valence-corrected chi connectivity index (χ1v) is 5.04. The van der Waals surface area contributed by atoms with Crippen molar-refractivity contribution >= 4 is 0 Å². The first-order chi connectivity index (χ1) is 7.16. The third-order valence-corrected chi connectivity index (χ3v) is 2.38. The first kappa shape index (κ1) is 9.93. The molecule has 2 rings (SSSR count). The molecular weight excluding hydrogens is 186 g/mol. The molecule has 0 radical (unpaired) electrons. The molecule has 0 amide bonds. The Morgan fingerprint density at radius 2 is 2.20 bits per heavy atom. The van der Waals surface area contributed by atoms with Gasteiger partial charge in [-0.3, -0.25) is 0 Å². The van der Waals surface area contributed by atoms with Crippen LogP contribution in [0.5, 0.6) is 0 Å². The van der Waals surface area contributed by atoms with E-state index in [0.29, 0.717) is 0 Å². The van der Waals surface area contributed by atoms with Gasteiger partial charge in [-0.05, 0) is 19.9 Å². The van der Waals surface area contributed by atoms with Crippen LogP contribution in [-0.4, -0.2) is 9.97 Å². The molecule has 0 aliphatic carbocycles. The van der Waals surface area contributed by atoms with Crippen LogP contribution in [0.3, 0.4) is 0 Å². The van der Waals surface area contributed by atoms with Gasteiger partial charge in [-0.2, -0.15) is 0 Å². The number of rotatable bonds is 2. The Kier molecular flexibility index (Phi) is 2.56. The third kappa shape index (κ3) is 2.07. The predicted octanol–water partition coefficient (Wildman–Crippen LogP) is 2.40. The van der Waals surface area contributed by atoms with E-state index < -0.39 is 0 Å². The van der Waals surface area contributed by atoms with Crippen LogP contribution in [0.25, 0.3) is 11.4 Å². The van der Waals surface area contributed by atoms with Crippen molar-refractivity contribution in [3.63, 3.8) is 0 Å². The topological polar surface area (TPSA) is 54.7 Å². The summed E-state index contributed by atoms with van der Waals surface area (Å²) in [5.41, 5.74) is 9.06. The van der Waals surface area contributed by atoms with E-state index >= 15 is 0 Å². The normalized spacial score (nSPS) is 12.7. The Morgan fingerprint density at radius 1 is 1.40 bits per heavy atom. The second kappa shape index (κ2) is 3.87. The van der Waals surface area contributed by atoms with Gasteiger partial charge >= 0.3 is 0 Å². The fourth-order valence-corrected chi connectivity index (χ4v) is 1.51. The van der Waals surface area contributed by atoms with Gasteiger partial charge in [-0.15, -0.1) is 0 Å². The van der Waals surface area contributed by atoms with Gasteiger partial charge in [0, 0.05) is 11.6 Å². The number of aromatic amines is 1. The van der Waals surface area contributed by atoms with Crippen LogP contribution in [0.2, 0.25) is 0 Å². The minimum Gasteiger partial charge on any atom is -0.341 e. The zero-order valence-corrected chi connectivity index (χ0v) is 8.99. The van der Waals surface area contributed by atoms with Crippen molar-refractivity contribution in [1.82, 2.24) is 9.97 Å². The smallest absolute Gasteiger partial charge is 0.137 e. The van der Waals surface area contributed by atoms with Gasteiger partial charge in [-0.1, -0.05) is 23.8 Å². The molecule has 0 spiro atoms. The largest absolute Gasteiger partial charge is 0.341 e. The van der Waals surface area contributed by atoms with Crippen molar-refractivity contribution in [3.8, 4) is 11.4 Å². The Hall–Kier alpha value is -1.61. The van der Waals surface area contributed by atoms with Crippen molar-refractivity contribution in [1.29, 1.82) is 0 Å². The molecule has 0 aliphatic heterocycles. The molecule has 78 valence electrons. The number of benzene rings is 1. The number of nitrogens with two attached hydrogens (primary N) is 1. The minimum absolute atomic E-state index is 0.00365. The Morgan fingerprint density at radius 3 is 2.80 bits per heavy atom. The molecule has 1 atom stereocenters. The van der Waals surface area contributed by atoms with Crippen LogP contribution in [0.4, 0.5) is 0 Å². The van der Waals surface area contributed by atoms with Crippen molar-refractivity contribution in [2.75, 3.05) is 0 Å². The van der Waals surface area contributed by atoms with Gasteiger partial charge in [0.25, 0.3) is 0 Å². The highest BCUT2D eigenvalue weighted by Gasteiger charge is 2.05. The van der Waals surface area contributed by atoms with E-state index in [4.69, 9.17) is 5.73 Å². The second-order valence-corrected chi connectivity index (χ2v) is 3.85. The van der Waals surface area contributed by atoms with Crippen LogP contribution in [0, 0.1) is 6.92 Å². The lowest BCUT2D eigenvalue weighted by molar-refractivity contribution is 0.789. The highest BCUT2D eigenvalue weighted by Crippen LogP contribution is 2.18. The molecule has 3 heteroatoms. The number of imidazole rings is 1. The number of hydrogen-bond acceptors (Lipinski definition) is 2. The molecule has 0 saturated carbocycles. The Bertz CT molecular complexity index is 457. The molecule has 3 N–H and O–H groups in total. The molecule has 3 nitrogen and oxygen atoms in total. The molecule has 1 heterocycles. The summed E-state index contributed by atoms with van der Waals surface area (Å²) < 4.78 is 0. The number of aryl methyl sites for hydroxylation is 1. The molecular formula is C12H15N3. The average Bonchev–Trinajstić information content (AvgIpc) is 2.66. The van der Waals surface area contributed by atoms with E-state index in [-0.39, 0.29) is 6.04 Å². The van der Waals surface area contributed by atoms with E-state index in [0.717, 1.165) is 17.1 Å². The molecule has 1 aromatic heterocycles. The minimum atomic E-state index is -0.00365. The summed E-state index contributed by atoms with van der Waals surface area (Å²) in [4.78, 5) is 7.53. The van der Waals surface area contributed by atoms with Crippen molar-refractivity contribution in [3.05, 3.63) is 41.7 Å². The Labute approximate surface area is 89.4 Å². The summed E-state index contributed by atoms with van der Waals surface area (Å²) in [5, 5.41) is 0. The van der Waals surface area contributed by atoms with Gasteiger partial charge in [0.2, 0.25) is 0 Å². The third-order valence-electron chi connectivity index (χ3n) is 2.38. The zero-order valence-electron chi connectivity index (χ0n) is 8.99. The molecule has 2 aromatic rings. The summed E-state index contributed by atoms with van der Waals surface area (Å²) >= 11 is 0. The van der Waals surface area contributed by atoms with Crippen LogP contribution in [-0.2, 0) is 0 Å². The monoisotopic (exact) mass is 201 g/mol. The quantitative estimate of drug-likeness (QED) is 0.784. The number of aromatic nitrogens is 2. The van der Waals surface area contributed by atoms with E-state index in [9.17, 15) is 0 Å². The van der Waals surface area contributed by atoms with Crippen LogP contribution < -0.4 is 5.73 Å². The van der Waals surface area contributed by atoms with Gasteiger partial charge < -0.3 is 10.7 Å². The molecule has 1 unspecified atom stereocenters. The predicted molar refractivity (Wildman–Crippen MR) is 61.4 cm³/mol. The maximum Gasteiger partial charge on any atom is 0.137 e. The fourth-order valence-electron chi connectivity index (χ4n) is 1.51. The summed E-state index contributed by atoms with van der Waals surface area (Å²) in [6, 6.07) is 8.23. The van der Waals surface area contributed by atoms with E-state index in [1.165, 1.54) is 5.56 Å². The van der Waals surface area contributed by atoms with Crippen LogP contribution in [0.1, 0.15) is 24.2 Å². The first-order valence-electron chi connectivity index (χ1n) is 5.04. The molecule has 0 saturated heterocycles. The summed E-state index contributed by atoms with van der Waals surface area (Å²) in [5.74, 6) is 0.881. The zero-order chi connectivity index (χ0) is 10.8. The lowest BCUT2D eigenvalue weighted by Gasteiger charge is -2.00. The lowest BCUT2D eigenvalue weighted by Crippen LogP contribution is -2.04. The lowest BCUT2D eigenvalue weighted by atomic mass is 10.1. The number of hydrogen-bond donors (Lipinski definition) is 2. The summed E-state index contributed by atoms with van der Waals surface area (Å²) in [6.07, 6.45) is 1.79. The maximum atomic E-state index is 5.76. The molecule has 0 fully saturated rings. The average molecular weight is 201 g/mol.